The van der Waals surface area contributed by atoms with Gasteiger partial charge in [-0.15, -0.1) is 0 Å². The zero-order valence-electron chi connectivity index (χ0n) is 15.5. The zero-order chi connectivity index (χ0) is 18.2. The highest BCUT2D eigenvalue weighted by Crippen LogP contribution is 2.19. The summed E-state index contributed by atoms with van der Waals surface area (Å²) in [4.78, 5) is 19.4. The van der Waals surface area contributed by atoms with Crippen molar-refractivity contribution < 1.29 is 4.79 Å². The number of pyridine rings is 1. The molecule has 1 saturated heterocycles. The third-order valence-corrected chi connectivity index (χ3v) is 4.77. The molecule has 2 heterocycles. The van der Waals surface area contributed by atoms with Gasteiger partial charge in [-0.3, -0.25) is 4.79 Å². The van der Waals surface area contributed by atoms with Crippen molar-refractivity contribution in [2.45, 2.75) is 39.2 Å². The summed E-state index contributed by atoms with van der Waals surface area (Å²) in [6, 6.07) is 11.7. The highest BCUT2D eigenvalue weighted by Gasteiger charge is 2.13. The van der Waals surface area contributed by atoms with Gasteiger partial charge in [0.1, 0.15) is 5.82 Å². The Morgan fingerprint density at radius 3 is 2.54 bits per heavy atom. The van der Waals surface area contributed by atoms with Crippen LogP contribution in [0.2, 0.25) is 0 Å². The number of aromatic nitrogens is 1. The van der Waals surface area contributed by atoms with Gasteiger partial charge in [0.25, 0.3) is 5.91 Å². The SMILES string of the molecule is CCNCc1ccccc1NC(=O)c1ccc(N2CCCCCC2)nc1. The molecule has 3 rings (SSSR count). The summed E-state index contributed by atoms with van der Waals surface area (Å²) >= 11 is 0. The third-order valence-electron chi connectivity index (χ3n) is 4.77. The molecule has 1 amide bonds. The van der Waals surface area contributed by atoms with Crippen LogP contribution in [-0.4, -0.2) is 30.5 Å². The van der Waals surface area contributed by atoms with Crippen LogP contribution in [0.4, 0.5) is 11.5 Å². The Morgan fingerprint density at radius 1 is 1.08 bits per heavy atom. The van der Waals surface area contributed by atoms with E-state index in [1.165, 1.54) is 25.7 Å². The van der Waals surface area contributed by atoms with E-state index >= 15 is 0 Å². The van der Waals surface area contributed by atoms with Crippen LogP contribution in [0.5, 0.6) is 0 Å². The van der Waals surface area contributed by atoms with Gasteiger partial charge in [-0.2, -0.15) is 0 Å². The molecular formula is C21H28N4O. The van der Waals surface area contributed by atoms with Crippen molar-refractivity contribution in [1.82, 2.24) is 10.3 Å². The molecule has 1 aliphatic heterocycles. The fraction of sp³-hybridized carbons (Fsp3) is 0.429. The van der Waals surface area contributed by atoms with E-state index in [4.69, 9.17) is 0 Å². The molecule has 0 saturated carbocycles. The minimum atomic E-state index is -0.121. The van der Waals surface area contributed by atoms with Gasteiger partial charge in [0.05, 0.1) is 5.56 Å². The lowest BCUT2D eigenvalue weighted by molar-refractivity contribution is 0.102. The molecule has 1 aromatic carbocycles. The van der Waals surface area contributed by atoms with Gasteiger partial charge in [-0.25, -0.2) is 4.98 Å². The lowest BCUT2D eigenvalue weighted by Crippen LogP contribution is -2.25. The van der Waals surface area contributed by atoms with Gasteiger partial charge in [0.2, 0.25) is 0 Å². The van der Waals surface area contributed by atoms with Crippen molar-refractivity contribution in [1.29, 1.82) is 0 Å². The maximum Gasteiger partial charge on any atom is 0.257 e. The summed E-state index contributed by atoms with van der Waals surface area (Å²) < 4.78 is 0. The second kappa shape index (κ2) is 9.34. The Kier molecular flexibility index (Phi) is 6.61. The maximum atomic E-state index is 12.6. The molecule has 138 valence electrons. The first-order valence-electron chi connectivity index (χ1n) is 9.59. The molecule has 0 atom stereocenters. The Hall–Kier alpha value is -2.40. The minimum Gasteiger partial charge on any atom is -0.357 e. The van der Waals surface area contributed by atoms with E-state index in [2.05, 4.69) is 27.4 Å². The number of hydrogen-bond donors (Lipinski definition) is 2. The van der Waals surface area contributed by atoms with Gasteiger partial charge in [-0.1, -0.05) is 38.0 Å². The normalized spacial score (nSPS) is 14.7. The van der Waals surface area contributed by atoms with Crippen LogP contribution in [0.15, 0.2) is 42.6 Å². The van der Waals surface area contributed by atoms with Crippen molar-refractivity contribution in [2.24, 2.45) is 0 Å². The Balaban J connectivity index is 1.67. The topological polar surface area (TPSA) is 57.3 Å². The summed E-state index contributed by atoms with van der Waals surface area (Å²) in [5.41, 5.74) is 2.51. The van der Waals surface area contributed by atoms with Crippen LogP contribution in [0.25, 0.3) is 0 Å². The van der Waals surface area contributed by atoms with Crippen molar-refractivity contribution in [3.63, 3.8) is 0 Å². The van der Waals surface area contributed by atoms with Crippen LogP contribution < -0.4 is 15.5 Å². The number of nitrogens with one attached hydrogen (secondary N) is 2. The second-order valence-corrected chi connectivity index (χ2v) is 6.70. The van der Waals surface area contributed by atoms with E-state index in [0.717, 1.165) is 43.2 Å². The Bertz CT molecular complexity index is 706. The molecule has 0 unspecified atom stereocenters. The van der Waals surface area contributed by atoms with E-state index in [-0.39, 0.29) is 5.91 Å². The molecule has 5 heteroatoms. The lowest BCUT2D eigenvalue weighted by atomic mass is 10.1. The van der Waals surface area contributed by atoms with Gasteiger partial charge < -0.3 is 15.5 Å². The molecule has 2 N–H and O–H groups in total. The number of para-hydroxylation sites is 1. The molecule has 0 aliphatic carbocycles. The molecule has 1 aromatic heterocycles. The molecule has 2 aromatic rings. The van der Waals surface area contributed by atoms with Crippen LogP contribution in [0, 0.1) is 0 Å². The molecule has 26 heavy (non-hydrogen) atoms. The maximum absolute atomic E-state index is 12.6. The quantitative estimate of drug-likeness (QED) is 0.830. The van der Waals surface area contributed by atoms with Crippen molar-refractivity contribution >= 4 is 17.4 Å². The van der Waals surface area contributed by atoms with Crippen molar-refractivity contribution in [3.05, 3.63) is 53.7 Å². The number of carbonyl (C=O) groups is 1. The molecule has 0 radical (unpaired) electrons. The average molecular weight is 352 g/mol. The summed E-state index contributed by atoms with van der Waals surface area (Å²) in [6.45, 7) is 5.80. The fourth-order valence-corrected chi connectivity index (χ4v) is 3.26. The Labute approximate surface area is 155 Å². The predicted octanol–water partition coefficient (Wildman–Crippen LogP) is 3.82. The molecule has 0 spiro atoms. The Morgan fingerprint density at radius 2 is 1.85 bits per heavy atom. The highest BCUT2D eigenvalue weighted by molar-refractivity contribution is 6.04. The van der Waals surface area contributed by atoms with Gasteiger partial charge in [-0.05, 0) is 43.1 Å². The van der Waals surface area contributed by atoms with Gasteiger partial charge >= 0.3 is 0 Å². The number of anilines is 2. The van der Waals surface area contributed by atoms with E-state index in [1.807, 2.05) is 36.4 Å². The van der Waals surface area contributed by atoms with E-state index in [0.29, 0.717) is 5.56 Å². The molecule has 1 aliphatic rings. The molecule has 5 nitrogen and oxygen atoms in total. The smallest absolute Gasteiger partial charge is 0.257 e. The summed E-state index contributed by atoms with van der Waals surface area (Å²) in [7, 11) is 0. The van der Waals surface area contributed by atoms with E-state index in [9.17, 15) is 4.79 Å². The number of carbonyl (C=O) groups excluding carboxylic acids is 1. The fourth-order valence-electron chi connectivity index (χ4n) is 3.26. The van der Waals surface area contributed by atoms with E-state index in [1.54, 1.807) is 6.20 Å². The first kappa shape index (κ1) is 18.4. The van der Waals surface area contributed by atoms with Crippen LogP contribution >= 0.6 is 0 Å². The predicted molar refractivity (Wildman–Crippen MR) is 107 cm³/mol. The second-order valence-electron chi connectivity index (χ2n) is 6.70. The summed E-state index contributed by atoms with van der Waals surface area (Å²) in [5.74, 6) is 0.847. The van der Waals surface area contributed by atoms with Crippen LogP contribution in [-0.2, 0) is 6.54 Å². The van der Waals surface area contributed by atoms with Gasteiger partial charge in [0, 0.05) is 31.5 Å². The lowest BCUT2D eigenvalue weighted by Gasteiger charge is -2.21. The average Bonchev–Trinajstić information content (AvgIpc) is 2.97. The monoisotopic (exact) mass is 352 g/mol. The van der Waals surface area contributed by atoms with Crippen molar-refractivity contribution in [3.8, 4) is 0 Å². The molecular weight excluding hydrogens is 324 g/mol. The van der Waals surface area contributed by atoms with Crippen LogP contribution in [0.1, 0.15) is 48.5 Å². The third kappa shape index (κ3) is 4.82. The molecule has 1 fully saturated rings. The standard InChI is InChI=1S/C21H28N4O/c1-2-22-15-17-9-5-6-10-19(17)24-21(26)18-11-12-20(23-16-18)25-13-7-3-4-8-14-25/h5-6,9-12,16,22H,2-4,7-8,13-15H2,1H3,(H,24,26). The number of benzene rings is 1. The first-order chi connectivity index (χ1) is 12.8. The van der Waals surface area contributed by atoms with Crippen LogP contribution in [0.3, 0.4) is 0 Å². The van der Waals surface area contributed by atoms with Crippen molar-refractivity contribution in [2.75, 3.05) is 29.9 Å². The largest absolute Gasteiger partial charge is 0.357 e. The number of amides is 1. The molecule has 0 bridgehead atoms. The number of rotatable bonds is 6. The summed E-state index contributed by atoms with van der Waals surface area (Å²) in [5, 5.41) is 6.31. The zero-order valence-corrected chi connectivity index (χ0v) is 15.5. The first-order valence-corrected chi connectivity index (χ1v) is 9.59. The number of hydrogen-bond acceptors (Lipinski definition) is 4. The van der Waals surface area contributed by atoms with E-state index < -0.39 is 0 Å². The number of nitrogens with zero attached hydrogens (tertiary/aromatic N) is 2. The summed E-state index contributed by atoms with van der Waals surface area (Å²) in [6.07, 6.45) is 6.70. The highest BCUT2D eigenvalue weighted by atomic mass is 16.1. The van der Waals surface area contributed by atoms with Gasteiger partial charge in [0.15, 0.2) is 0 Å². The minimum absolute atomic E-state index is 0.121.